The summed E-state index contributed by atoms with van der Waals surface area (Å²) in [5.74, 6) is 3.55. The smallest absolute Gasteiger partial charge is 0.0198 e. The highest BCUT2D eigenvalue weighted by atomic mass is 32.2. The van der Waals surface area contributed by atoms with E-state index in [0.29, 0.717) is 0 Å². The fourth-order valence-corrected chi connectivity index (χ4v) is 4.34. The molecule has 2 fully saturated rings. The average Bonchev–Trinajstić information content (AvgIpc) is 2.32. The van der Waals surface area contributed by atoms with Crippen LogP contribution in [-0.4, -0.2) is 47.6 Å². The van der Waals surface area contributed by atoms with Crippen molar-refractivity contribution < 1.29 is 0 Å². The first-order chi connectivity index (χ1) is 8.16. The summed E-state index contributed by atoms with van der Waals surface area (Å²) in [6, 6.07) is 2.29. The number of nitrogens with zero attached hydrogens (tertiary/aromatic N) is 1. The predicted molar refractivity (Wildman–Crippen MR) is 77.8 cm³/mol. The van der Waals surface area contributed by atoms with Crippen LogP contribution in [0, 0.1) is 5.92 Å². The molecular weight excluding hydrogens is 228 g/mol. The largest absolute Gasteiger partial charge is 0.311 e. The summed E-state index contributed by atoms with van der Waals surface area (Å²) < 4.78 is 0. The Morgan fingerprint density at radius 3 is 2.88 bits per heavy atom. The summed E-state index contributed by atoms with van der Waals surface area (Å²) in [7, 11) is 0. The molecule has 0 amide bonds. The maximum Gasteiger partial charge on any atom is 0.0198 e. The van der Waals surface area contributed by atoms with Crippen molar-refractivity contribution >= 4 is 11.8 Å². The van der Waals surface area contributed by atoms with E-state index in [2.05, 4.69) is 42.7 Å². The van der Waals surface area contributed by atoms with Crippen LogP contribution in [-0.2, 0) is 0 Å². The van der Waals surface area contributed by atoms with Gasteiger partial charge >= 0.3 is 0 Å². The number of rotatable bonds is 3. The van der Waals surface area contributed by atoms with Crippen LogP contribution in [0.4, 0.5) is 0 Å². The average molecular weight is 256 g/mol. The Labute approximate surface area is 111 Å². The van der Waals surface area contributed by atoms with Crippen molar-refractivity contribution in [1.82, 2.24) is 10.2 Å². The van der Waals surface area contributed by atoms with Crippen molar-refractivity contribution in [3.05, 3.63) is 0 Å². The van der Waals surface area contributed by atoms with Gasteiger partial charge in [0.2, 0.25) is 0 Å². The zero-order chi connectivity index (χ0) is 12.3. The van der Waals surface area contributed by atoms with Gasteiger partial charge in [0.05, 0.1) is 0 Å². The van der Waals surface area contributed by atoms with Gasteiger partial charge in [0.15, 0.2) is 0 Å². The third-order valence-electron chi connectivity index (χ3n) is 4.06. The second kappa shape index (κ2) is 6.44. The molecule has 3 atom stereocenters. The first-order valence-corrected chi connectivity index (χ1v) is 8.39. The van der Waals surface area contributed by atoms with E-state index in [0.717, 1.165) is 24.0 Å². The summed E-state index contributed by atoms with van der Waals surface area (Å²) in [6.45, 7) is 9.50. The van der Waals surface area contributed by atoms with Gasteiger partial charge in [-0.25, -0.2) is 0 Å². The van der Waals surface area contributed by atoms with Crippen LogP contribution in [0.1, 0.15) is 40.0 Å². The molecule has 2 nitrogen and oxygen atoms in total. The van der Waals surface area contributed by atoms with Gasteiger partial charge in [0, 0.05) is 37.0 Å². The maximum atomic E-state index is 3.72. The minimum absolute atomic E-state index is 0.720. The zero-order valence-electron chi connectivity index (χ0n) is 11.6. The van der Waals surface area contributed by atoms with Gasteiger partial charge in [-0.15, -0.1) is 0 Å². The molecule has 0 spiro atoms. The molecule has 100 valence electrons. The van der Waals surface area contributed by atoms with Crippen molar-refractivity contribution in [2.45, 2.75) is 58.2 Å². The number of thioether (sulfide) groups is 1. The van der Waals surface area contributed by atoms with E-state index in [-0.39, 0.29) is 0 Å². The molecule has 0 aromatic rings. The Morgan fingerprint density at radius 1 is 1.41 bits per heavy atom. The van der Waals surface area contributed by atoms with Gasteiger partial charge in [0.25, 0.3) is 0 Å². The molecule has 2 aliphatic rings. The highest BCUT2D eigenvalue weighted by Crippen LogP contribution is 2.25. The van der Waals surface area contributed by atoms with E-state index in [1.54, 1.807) is 0 Å². The molecule has 0 radical (unpaired) electrons. The fraction of sp³-hybridized carbons (Fsp3) is 1.00. The van der Waals surface area contributed by atoms with Crippen molar-refractivity contribution in [3.8, 4) is 0 Å². The lowest BCUT2D eigenvalue weighted by molar-refractivity contribution is 0.0889. The minimum atomic E-state index is 0.720. The zero-order valence-corrected chi connectivity index (χ0v) is 12.4. The number of piperazine rings is 1. The normalized spacial score (nSPS) is 36.4. The maximum absolute atomic E-state index is 3.72. The number of nitrogens with one attached hydrogen (secondary N) is 1. The summed E-state index contributed by atoms with van der Waals surface area (Å²) in [5.41, 5.74) is 0. The highest BCUT2D eigenvalue weighted by molar-refractivity contribution is 7.99. The Balaban J connectivity index is 1.89. The van der Waals surface area contributed by atoms with Crippen LogP contribution < -0.4 is 5.32 Å². The van der Waals surface area contributed by atoms with Crippen LogP contribution in [0.15, 0.2) is 0 Å². The van der Waals surface area contributed by atoms with E-state index < -0.39 is 0 Å². The Bertz CT molecular complexity index is 226. The molecule has 2 rings (SSSR count). The lowest BCUT2D eigenvalue weighted by atomic mass is 9.98. The number of hydrogen-bond acceptors (Lipinski definition) is 3. The summed E-state index contributed by atoms with van der Waals surface area (Å²) in [4.78, 5) is 2.79. The van der Waals surface area contributed by atoms with E-state index in [1.165, 1.54) is 43.9 Å². The first kappa shape index (κ1) is 13.7. The van der Waals surface area contributed by atoms with Gasteiger partial charge in [-0.2, -0.15) is 11.8 Å². The van der Waals surface area contributed by atoms with Crippen molar-refractivity contribution in [2.24, 2.45) is 5.92 Å². The fourth-order valence-electron chi connectivity index (χ4n) is 3.17. The third kappa shape index (κ3) is 3.87. The van der Waals surface area contributed by atoms with Gasteiger partial charge in [-0.1, -0.05) is 13.8 Å². The Morgan fingerprint density at radius 2 is 2.24 bits per heavy atom. The Hall–Kier alpha value is 0.270. The third-order valence-corrected chi connectivity index (χ3v) is 5.26. The lowest BCUT2D eigenvalue weighted by Crippen LogP contribution is -2.59. The van der Waals surface area contributed by atoms with E-state index in [1.807, 2.05) is 0 Å². The molecule has 2 saturated heterocycles. The monoisotopic (exact) mass is 256 g/mol. The van der Waals surface area contributed by atoms with Crippen molar-refractivity contribution in [2.75, 3.05) is 24.6 Å². The Kier molecular flexibility index (Phi) is 5.19. The van der Waals surface area contributed by atoms with Gasteiger partial charge in [0.1, 0.15) is 0 Å². The standard InChI is InChI=1S/C14H28N2S/c1-11(2)7-13-9-16(12(3)8-15-13)14-5-4-6-17-10-14/h11-15H,4-10H2,1-3H3. The first-order valence-electron chi connectivity index (χ1n) is 7.23. The summed E-state index contributed by atoms with van der Waals surface area (Å²) in [5, 5.41) is 3.72. The van der Waals surface area contributed by atoms with E-state index >= 15 is 0 Å². The molecule has 2 aliphatic heterocycles. The molecule has 0 bridgehead atoms. The molecule has 0 aromatic carbocycles. The molecule has 17 heavy (non-hydrogen) atoms. The molecule has 2 heterocycles. The van der Waals surface area contributed by atoms with Crippen LogP contribution in [0.3, 0.4) is 0 Å². The molecule has 1 N–H and O–H groups in total. The molecule has 0 aliphatic carbocycles. The topological polar surface area (TPSA) is 15.3 Å². The minimum Gasteiger partial charge on any atom is -0.311 e. The molecule has 0 saturated carbocycles. The van der Waals surface area contributed by atoms with Crippen LogP contribution in [0.2, 0.25) is 0 Å². The second-order valence-corrected chi connectivity index (χ2v) is 7.30. The summed E-state index contributed by atoms with van der Waals surface area (Å²) >= 11 is 2.15. The van der Waals surface area contributed by atoms with Crippen LogP contribution in [0.25, 0.3) is 0 Å². The van der Waals surface area contributed by atoms with Crippen molar-refractivity contribution in [3.63, 3.8) is 0 Å². The molecule has 0 aromatic heterocycles. The van der Waals surface area contributed by atoms with Crippen molar-refractivity contribution in [1.29, 1.82) is 0 Å². The molecule has 3 heteroatoms. The quantitative estimate of drug-likeness (QED) is 0.835. The van der Waals surface area contributed by atoms with Crippen LogP contribution >= 0.6 is 11.8 Å². The van der Waals surface area contributed by atoms with Gasteiger partial charge in [-0.05, 0) is 37.9 Å². The number of hydrogen-bond donors (Lipinski definition) is 1. The SMILES string of the molecule is CC(C)CC1CN(C2CCCSC2)C(C)CN1. The molecule has 3 unspecified atom stereocenters. The lowest BCUT2D eigenvalue weighted by Gasteiger charge is -2.45. The molecular formula is C14H28N2S. The van der Waals surface area contributed by atoms with Gasteiger partial charge in [-0.3, -0.25) is 4.90 Å². The summed E-state index contributed by atoms with van der Waals surface area (Å²) in [6.07, 6.45) is 4.16. The van der Waals surface area contributed by atoms with E-state index in [9.17, 15) is 0 Å². The van der Waals surface area contributed by atoms with E-state index in [4.69, 9.17) is 0 Å². The predicted octanol–water partition coefficient (Wildman–Crippen LogP) is 2.59. The van der Waals surface area contributed by atoms with Gasteiger partial charge < -0.3 is 5.32 Å². The second-order valence-electron chi connectivity index (χ2n) is 6.15. The van der Waals surface area contributed by atoms with Crippen LogP contribution in [0.5, 0.6) is 0 Å². The highest BCUT2D eigenvalue weighted by Gasteiger charge is 2.31.